The maximum atomic E-state index is 12.9. The Hall–Kier alpha value is -2.54. The minimum atomic E-state index is -0.764. The number of hydrogen-bond donors (Lipinski definition) is 2. The SMILES string of the molecule is COc1ccc(C2C(C(=O)CC(C)C)=C(O)C(=O)N2CC2CCCO2)cc1O. The van der Waals surface area contributed by atoms with Crippen LogP contribution in [0.3, 0.4) is 0 Å². The molecule has 28 heavy (non-hydrogen) atoms. The van der Waals surface area contributed by atoms with E-state index in [9.17, 15) is 19.8 Å². The van der Waals surface area contributed by atoms with Crippen molar-refractivity contribution in [2.24, 2.45) is 5.92 Å². The number of aliphatic hydroxyl groups is 1. The van der Waals surface area contributed by atoms with Crippen molar-refractivity contribution in [2.45, 2.75) is 45.3 Å². The van der Waals surface area contributed by atoms with Crippen LogP contribution in [0.15, 0.2) is 29.5 Å². The minimum absolute atomic E-state index is 0.0834. The first kappa shape index (κ1) is 20.2. The van der Waals surface area contributed by atoms with Gasteiger partial charge in [-0.1, -0.05) is 19.9 Å². The second-order valence-electron chi connectivity index (χ2n) is 7.71. The molecule has 1 fully saturated rings. The van der Waals surface area contributed by atoms with Crippen LogP contribution in [0, 0.1) is 5.92 Å². The fourth-order valence-corrected chi connectivity index (χ4v) is 3.84. The van der Waals surface area contributed by atoms with Crippen molar-refractivity contribution in [3.63, 3.8) is 0 Å². The molecule has 1 amide bonds. The Morgan fingerprint density at radius 3 is 2.68 bits per heavy atom. The summed E-state index contributed by atoms with van der Waals surface area (Å²) in [5.41, 5.74) is 0.627. The number of ether oxygens (including phenoxy) is 2. The van der Waals surface area contributed by atoms with Gasteiger partial charge in [-0.05, 0) is 36.5 Å². The van der Waals surface area contributed by atoms with Gasteiger partial charge in [0, 0.05) is 19.6 Å². The van der Waals surface area contributed by atoms with Crippen LogP contribution < -0.4 is 4.74 Å². The van der Waals surface area contributed by atoms with E-state index in [0.29, 0.717) is 17.9 Å². The second kappa shape index (κ2) is 8.22. The number of aromatic hydroxyl groups is 1. The molecule has 2 aliphatic heterocycles. The summed E-state index contributed by atoms with van der Waals surface area (Å²) in [5, 5.41) is 20.7. The number of rotatable bonds is 7. The van der Waals surface area contributed by atoms with Gasteiger partial charge in [0.1, 0.15) is 0 Å². The monoisotopic (exact) mass is 389 g/mol. The van der Waals surface area contributed by atoms with Gasteiger partial charge in [-0.2, -0.15) is 0 Å². The lowest BCUT2D eigenvalue weighted by molar-refractivity contribution is -0.131. The highest BCUT2D eigenvalue weighted by Crippen LogP contribution is 2.41. The Morgan fingerprint density at radius 1 is 1.36 bits per heavy atom. The number of ketones is 1. The zero-order valence-electron chi connectivity index (χ0n) is 16.5. The third kappa shape index (κ3) is 3.85. The number of benzene rings is 1. The van der Waals surface area contributed by atoms with E-state index in [1.807, 2.05) is 13.8 Å². The molecule has 0 aliphatic carbocycles. The van der Waals surface area contributed by atoms with E-state index in [1.54, 1.807) is 12.1 Å². The smallest absolute Gasteiger partial charge is 0.290 e. The molecule has 152 valence electrons. The normalized spacial score (nSPS) is 22.4. The van der Waals surface area contributed by atoms with Crippen LogP contribution in [0.1, 0.15) is 44.7 Å². The molecule has 2 aliphatic rings. The summed E-state index contributed by atoms with van der Waals surface area (Å²) >= 11 is 0. The van der Waals surface area contributed by atoms with Gasteiger partial charge in [-0.15, -0.1) is 0 Å². The molecule has 0 bridgehead atoms. The molecule has 2 N–H and O–H groups in total. The van der Waals surface area contributed by atoms with E-state index in [4.69, 9.17) is 9.47 Å². The van der Waals surface area contributed by atoms with Gasteiger partial charge in [0.2, 0.25) is 0 Å². The van der Waals surface area contributed by atoms with Crippen LogP contribution in [0.25, 0.3) is 0 Å². The van der Waals surface area contributed by atoms with Crippen molar-refractivity contribution in [2.75, 3.05) is 20.3 Å². The van der Waals surface area contributed by atoms with Gasteiger partial charge >= 0.3 is 0 Å². The Morgan fingerprint density at radius 2 is 2.11 bits per heavy atom. The molecule has 0 saturated carbocycles. The van der Waals surface area contributed by atoms with E-state index in [2.05, 4.69) is 0 Å². The number of carbonyl (C=O) groups excluding carboxylic acids is 2. The number of carbonyl (C=O) groups is 2. The molecular weight excluding hydrogens is 362 g/mol. The van der Waals surface area contributed by atoms with E-state index >= 15 is 0 Å². The lowest BCUT2D eigenvalue weighted by Crippen LogP contribution is -2.37. The van der Waals surface area contributed by atoms with Crippen LogP contribution >= 0.6 is 0 Å². The molecule has 0 aromatic heterocycles. The Labute approximate surface area is 164 Å². The van der Waals surface area contributed by atoms with E-state index in [-0.39, 0.29) is 42.1 Å². The third-order valence-electron chi connectivity index (χ3n) is 5.14. The summed E-state index contributed by atoms with van der Waals surface area (Å²) in [6, 6.07) is 3.99. The third-order valence-corrected chi connectivity index (χ3v) is 5.14. The van der Waals surface area contributed by atoms with Gasteiger partial charge in [0.25, 0.3) is 5.91 Å². The standard InChI is InChI=1S/C21H27NO6/c1-12(2)9-16(24)18-19(13-6-7-17(27-3)15(23)10-13)22(21(26)20(18)25)11-14-5-4-8-28-14/h6-7,10,12,14,19,23,25H,4-5,8-9,11H2,1-3H3. The van der Waals surface area contributed by atoms with E-state index in [0.717, 1.165) is 12.8 Å². The molecule has 7 nitrogen and oxygen atoms in total. The molecule has 7 heteroatoms. The number of methoxy groups -OCH3 is 1. The molecule has 1 saturated heterocycles. The Bertz CT molecular complexity index is 794. The quantitative estimate of drug-likeness (QED) is 0.744. The summed E-state index contributed by atoms with van der Waals surface area (Å²) < 4.78 is 10.7. The zero-order valence-corrected chi connectivity index (χ0v) is 16.5. The Kier molecular flexibility index (Phi) is 5.93. The van der Waals surface area contributed by atoms with Crippen molar-refractivity contribution < 1.29 is 29.3 Å². The minimum Gasteiger partial charge on any atom is -0.504 e. The highest BCUT2D eigenvalue weighted by Gasteiger charge is 2.44. The van der Waals surface area contributed by atoms with Crippen LogP contribution in [0.2, 0.25) is 0 Å². The molecule has 0 radical (unpaired) electrons. The fraction of sp³-hybridized carbons (Fsp3) is 0.524. The molecule has 2 heterocycles. The van der Waals surface area contributed by atoms with Crippen molar-refractivity contribution in [1.82, 2.24) is 4.90 Å². The highest BCUT2D eigenvalue weighted by molar-refractivity contribution is 6.09. The molecule has 2 unspecified atom stereocenters. The first-order valence-corrected chi connectivity index (χ1v) is 9.59. The predicted octanol–water partition coefficient (Wildman–Crippen LogP) is 2.89. The number of nitrogens with zero attached hydrogens (tertiary/aromatic N) is 1. The van der Waals surface area contributed by atoms with Gasteiger partial charge < -0.3 is 24.6 Å². The molecule has 3 rings (SSSR count). The summed E-state index contributed by atoms with van der Waals surface area (Å²) in [6.07, 6.45) is 1.82. The average molecular weight is 389 g/mol. The maximum Gasteiger partial charge on any atom is 0.290 e. The summed E-state index contributed by atoms with van der Waals surface area (Å²) in [6.45, 7) is 4.73. The maximum absolute atomic E-state index is 12.9. The fourth-order valence-electron chi connectivity index (χ4n) is 3.84. The van der Waals surface area contributed by atoms with Crippen molar-refractivity contribution >= 4 is 11.7 Å². The number of amides is 1. The van der Waals surface area contributed by atoms with E-state index < -0.39 is 17.7 Å². The van der Waals surface area contributed by atoms with Gasteiger partial charge in [-0.25, -0.2) is 0 Å². The van der Waals surface area contributed by atoms with E-state index in [1.165, 1.54) is 18.1 Å². The summed E-state index contributed by atoms with van der Waals surface area (Å²) in [4.78, 5) is 27.2. The van der Waals surface area contributed by atoms with Gasteiger partial charge in [0.05, 0.1) is 24.8 Å². The lowest BCUT2D eigenvalue weighted by Gasteiger charge is -2.29. The number of hydrogen-bond acceptors (Lipinski definition) is 6. The molecule has 1 aromatic rings. The number of Topliss-reactive ketones (excluding diaryl/α,β-unsaturated/α-hetero) is 1. The largest absolute Gasteiger partial charge is 0.504 e. The number of phenolic OH excluding ortho intramolecular Hbond substituents is 1. The Balaban J connectivity index is 2.01. The number of phenols is 1. The van der Waals surface area contributed by atoms with Gasteiger partial charge in [0.15, 0.2) is 23.0 Å². The summed E-state index contributed by atoms with van der Waals surface area (Å²) in [7, 11) is 1.45. The highest BCUT2D eigenvalue weighted by atomic mass is 16.5. The lowest BCUT2D eigenvalue weighted by atomic mass is 9.92. The average Bonchev–Trinajstić information content (AvgIpc) is 3.23. The molecule has 0 spiro atoms. The molecule has 1 aromatic carbocycles. The number of aliphatic hydroxyl groups excluding tert-OH is 1. The van der Waals surface area contributed by atoms with Crippen LogP contribution in [-0.2, 0) is 14.3 Å². The first-order valence-electron chi connectivity index (χ1n) is 9.59. The van der Waals surface area contributed by atoms with Crippen LogP contribution in [0.4, 0.5) is 0 Å². The molecule has 2 atom stereocenters. The van der Waals surface area contributed by atoms with Crippen molar-refractivity contribution in [1.29, 1.82) is 0 Å². The topological polar surface area (TPSA) is 96.3 Å². The van der Waals surface area contributed by atoms with Crippen LogP contribution in [0.5, 0.6) is 11.5 Å². The zero-order chi connectivity index (χ0) is 20.4. The van der Waals surface area contributed by atoms with Crippen LogP contribution in [-0.4, -0.2) is 53.2 Å². The second-order valence-corrected chi connectivity index (χ2v) is 7.71. The molecular formula is C21H27NO6. The predicted molar refractivity (Wildman–Crippen MR) is 102 cm³/mol. The van der Waals surface area contributed by atoms with Gasteiger partial charge in [-0.3, -0.25) is 9.59 Å². The van der Waals surface area contributed by atoms with Crippen molar-refractivity contribution in [3.8, 4) is 11.5 Å². The first-order chi connectivity index (χ1) is 13.3. The summed E-state index contributed by atoms with van der Waals surface area (Å²) in [5.74, 6) is -1.07. The van der Waals surface area contributed by atoms with Crippen molar-refractivity contribution in [3.05, 3.63) is 35.1 Å².